The van der Waals surface area contributed by atoms with E-state index in [-0.39, 0.29) is 6.42 Å². The van der Waals surface area contributed by atoms with Crippen LogP contribution in [0.5, 0.6) is 5.75 Å². The number of allylic oxidation sites excluding steroid dienone is 1. The number of carboxylic acids is 1. The fourth-order valence-electron chi connectivity index (χ4n) is 4.01. The highest BCUT2D eigenvalue weighted by atomic mass is 16.5. The van der Waals surface area contributed by atoms with E-state index >= 15 is 0 Å². The molecule has 0 saturated heterocycles. The van der Waals surface area contributed by atoms with Crippen LogP contribution in [0.3, 0.4) is 0 Å². The second-order valence-electron chi connectivity index (χ2n) is 7.33. The minimum Gasteiger partial charge on any atom is -0.496 e. The third-order valence-corrected chi connectivity index (χ3v) is 5.49. The number of carbonyl (C=O) groups is 1. The Balaban J connectivity index is 0.000000179. The van der Waals surface area contributed by atoms with Crippen molar-refractivity contribution in [1.29, 1.82) is 0 Å². The number of benzene rings is 3. The van der Waals surface area contributed by atoms with Crippen molar-refractivity contribution >= 4 is 17.6 Å². The molecule has 0 radical (unpaired) electrons. The van der Waals surface area contributed by atoms with Crippen molar-refractivity contribution < 1.29 is 14.6 Å². The Labute approximate surface area is 184 Å². The van der Waals surface area contributed by atoms with Crippen molar-refractivity contribution in [3.63, 3.8) is 0 Å². The Morgan fingerprint density at radius 2 is 1.74 bits per heavy atom. The summed E-state index contributed by atoms with van der Waals surface area (Å²) in [6.45, 7) is 5.88. The van der Waals surface area contributed by atoms with Crippen LogP contribution in [0.15, 0.2) is 84.9 Å². The summed E-state index contributed by atoms with van der Waals surface area (Å²) in [6, 6.07) is 24.5. The number of carboxylic acid groups (broad SMARTS) is 1. The summed E-state index contributed by atoms with van der Waals surface area (Å²) in [7, 11) is 1.62. The normalized spacial score (nSPS) is 11.9. The van der Waals surface area contributed by atoms with Crippen LogP contribution < -0.4 is 4.74 Å². The molecule has 3 heteroatoms. The number of ether oxygens (including phenoxy) is 1. The summed E-state index contributed by atoms with van der Waals surface area (Å²) in [5.74, 6) is -0.00749. The third-order valence-electron chi connectivity index (χ3n) is 5.49. The first-order valence-corrected chi connectivity index (χ1v) is 10.4. The van der Waals surface area contributed by atoms with E-state index in [1.165, 1.54) is 27.8 Å². The molecule has 0 aliphatic heterocycles. The Hall–Kier alpha value is -3.59. The number of rotatable bonds is 6. The van der Waals surface area contributed by atoms with Gasteiger partial charge in [-0.15, -0.1) is 0 Å². The summed E-state index contributed by atoms with van der Waals surface area (Å²) < 4.78 is 5.33. The Morgan fingerprint density at radius 1 is 1.03 bits per heavy atom. The van der Waals surface area contributed by atoms with E-state index in [4.69, 9.17) is 9.84 Å². The summed E-state index contributed by atoms with van der Waals surface area (Å²) >= 11 is 0. The van der Waals surface area contributed by atoms with E-state index in [0.717, 1.165) is 29.7 Å². The molecule has 31 heavy (non-hydrogen) atoms. The first-order chi connectivity index (χ1) is 15.1. The van der Waals surface area contributed by atoms with Gasteiger partial charge >= 0.3 is 5.97 Å². The minimum absolute atomic E-state index is 0.0799. The molecule has 0 spiro atoms. The van der Waals surface area contributed by atoms with Gasteiger partial charge in [0, 0.05) is 5.56 Å². The SMILES string of the molecule is C=Cc1ccccc1-c1ccccc1.CCC1=C(CC(=O)O)c2c(cccc2OC)C1. The van der Waals surface area contributed by atoms with Gasteiger partial charge in [-0.05, 0) is 46.7 Å². The summed E-state index contributed by atoms with van der Waals surface area (Å²) in [5.41, 5.74) is 7.98. The summed E-state index contributed by atoms with van der Waals surface area (Å²) in [5, 5.41) is 9.00. The molecule has 3 aromatic carbocycles. The molecule has 0 amide bonds. The fraction of sp³-hybridized carbons (Fsp3) is 0.179. The highest BCUT2D eigenvalue weighted by molar-refractivity contribution is 5.90. The van der Waals surface area contributed by atoms with Gasteiger partial charge in [-0.25, -0.2) is 0 Å². The van der Waals surface area contributed by atoms with Crippen molar-refractivity contribution in [2.45, 2.75) is 26.2 Å². The average Bonchev–Trinajstić information content (AvgIpc) is 3.17. The maximum Gasteiger partial charge on any atom is 0.307 e. The fourth-order valence-corrected chi connectivity index (χ4v) is 4.01. The number of aliphatic carboxylic acids is 1. The molecule has 1 aliphatic carbocycles. The topological polar surface area (TPSA) is 46.5 Å². The van der Waals surface area contributed by atoms with Crippen molar-refractivity contribution in [3.8, 4) is 16.9 Å². The minimum atomic E-state index is -0.787. The summed E-state index contributed by atoms with van der Waals surface area (Å²) in [4.78, 5) is 11.0. The van der Waals surface area contributed by atoms with Crippen LogP contribution in [-0.4, -0.2) is 18.2 Å². The van der Waals surface area contributed by atoms with Crippen molar-refractivity contribution in [3.05, 3.63) is 102 Å². The number of fused-ring (bicyclic) bond motifs is 1. The van der Waals surface area contributed by atoms with E-state index in [2.05, 4.69) is 56.0 Å². The lowest BCUT2D eigenvalue weighted by atomic mass is 10.00. The largest absolute Gasteiger partial charge is 0.496 e. The number of hydrogen-bond donors (Lipinski definition) is 1. The first-order valence-electron chi connectivity index (χ1n) is 10.4. The lowest BCUT2D eigenvalue weighted by molar-refractivity contribution is -0.135. The van der Waals surface area contributed by atoms with E-state index in [9.17, 15) is 4.79 Å². The van der Waals surface area contributed by atoms with E-state index < -0.39 is 5.97 Å². The Bertz CT molecular complexity index is 1090. The van der Waals surface area contributed by atoms with Gasteiger partial charge in [-0.3, -0.25) is 4.79 Å². The molecule has 4 rings (SSSR count). The summed E-state index contributed by atoms with van der Waals surface area (Å²) in [6.07, 6.45) is 3.71. The molecule has 158 valence electrons. The van der Waals surface area contributed by atoms with Crippen molar-refractivity contribution in [2.24, 2.45) is 0 Å². The molecule has 0 saturated carbocycles. The Morgan fingerprint density at radius 3 is 2.39 bits per heavy atom. The van der Waals surface area contributed by atoms with Gasteiger partial charge in [-0.1, -0.05) is 91.9 Å². The number of methoxy groups -OCH3 is 1. The predicted molar refractivity (Wildman–Crippen MR) is 128 cm³/mol. The van der Waals surface area contributed by atoms with Crippen LogP contribution >= 0.6 is 0 Å². The lowest BCUT2D eigenvalue weighted by Crippen LogP contribution is -1.99. The standard InChI is InChI=1S/C14H16O3.C14H12/c1-3-9-7-10-5-4-6-12(17-2)14(10)11(9)8-13(15)16;1-2-12-8-6-7-11-14(12)13-9-4-3-5-10-13/h4-6H,3,7-8H2,1-2H3,(H,15,16);2-11H,1H2. The monoisotopic (exact) mass is 412 g/mol. The molecule has 0 aromatic heterocycles. The van der Waals surface area contributed by atoms with Crippen LogP contribution in [0.25, 0.3) is 22.8 Å². The highest BCUT2D eigenvalue weighted by Crippen LogP contribution is 2.41. The predicted octanol–water partition coefficient (Wildman–Crippen LogP) is 6.89. The molecule has 3 nitrogen and oxygen atoms in total. The van der Waals surface area contributed by atoms with E-state index in [1.54, 1.807) is 7.11 Å². The molecule has 1 aliphatic rings. The van der Waals surface area contributed by atoms with Gasteiger partial charge in [-0.2, -0.15) is 0 Å². The quantitative estimate of drug-likeness (QED) is 0.480. The number of hydrogen-bond acceptors (Lipinski definition) is 2. The van der Waals surface area contributed by atoms with E-state index in [0.29, 0.717) is 0 Å². The molecule has 0 unspecified atom stereocenters. The first kappa shape index (κ1) is 22.1. The van der Waals surface area contributed by atoms with Gasteiger partial charge in [0.1, 0.15) is 5.75 Å². The molecule has 0 heterocycles. The zero-order valence-corrected chi connectivity index (χ0v) is 18.1. The Kier molecular flexibility index (Phi) is 7.45. The van der Waals surface area contributed by atoms with Crippen LogP contribution in [0.2, 0.25) is 0 Å². The molecular formula is C28H28O3. The molecule has 1 N–H and O–H groups in total. The van der Waals surface area contributed by atoms with E-state index in [1.807, 2.05) is 36.4 Å². The van der Waals surface area contributed by atoms with Gasteiger partial charge in [0.05, 0.1) is 13.5 Å². The molecule has 0 atom stereocenters. The molecule has 0 fully saturated rings. The van der Waals surface area contributed by atoms with Crippen LogP contribution in [-0.2, 0) is 11.2 Å². The maximum atomic E-state index is 11.0. The smallest absolute Gasteiger partial charge is 0.307 e. The zero-order chi connectivity index (χ0) is 22.2. The van der Waals surface area contributed by atoms with Gasteiger partial charge in [0.2, 0.25) is 0 Å². The van der Waals surface area contributed by atoms with Crippen molar-refractivity contribution in [2.75, 3.05) is 7.11 Å². The zero-order valence-electron chi connectivity index (χ0n) is 18.1. The average molecular weight is 413 g/mol. The third kappa shape index (κ3) is 5.13. The second-order valence-corrected chi connectivity index (χ2v) is 7.33. The lowest BCUT2D eigenvalue weighted by Gasteiger charge is -2.10. The molecule has 3 aromatic rings. The molecular weight excluding hydrogens is 384 g/mol. The highest BCUT2D eigenvalue weighted by Gasteiger charge is 2.25. The molecule has 0 bridgehead atoms. The van der Waals surface area contributed by atoms with Gasteiger partial charge < -0.3 is 9.84 Å². The second kappa shape index (κ2) is 10.4. The van der Waals surface area contributed by atoms with Gasteiger partial charge in [0.25, 0.3) is 0 Å². The van der Waals surface area contributed by atoms with Crippen molar-refractivity contribution in [1.82, 2.24) is 0 Å². The van der Waals surface area contributed by atoms with Crippen LogP contribution in [0.1, 0.15) is 36.5 Å². The van der Waals surface area contributed by atoms with Crippen LogP contribution in [0, 0.1) is 0 Å². The van der Waals surface area contributed by atoms with Crippen LogP contribution in [0.4, 0.5) is 0 Å². The van der Waals surface area contributed by atoms with Gasteiger partial charge in [0.15, 0.2) is 0 Å². The maximum absolute atomic E-state index is 11.0.